The number of anilines is 1. The number of nitrogens with two attached hydrogens (primary N) is 1. The van der Waals surface area contributed by atoms with Crippen molar-refractivity contribution in [1.82, 2.24) is 14.7 Å². The predicted molar refractivity (Wildman–Crippen MR) is 56.3 cm³/mol. The van der Waals surface area contributed by atoms with E-state index < -0.39 is 5.97 Å². The van der Waals surface area contributed by atoms with Gasteiger partial charge in [0.2, 0.25) is 5.91 Å². The van der Waals surface area contributed by atoms with Crippen molar-refractivity contribution in [2.75, 3.05) is 26.4 Å². The Morgan fingerprint density at radius 1 is 1.62 bits per heavy atom. The zero-order chi connectivity index (χ0) is 12.1. The Balaban J connectivity index is 2.49. The molecule has 0 fully saturated rings. The monoisotopic (exact) mass is 226 g/mol. The van der Waals surface area contributed by atoms with Gasteiger partial charge in [0.1, 0.15) is 13.1 Å². The van der Waals surface area contributed by atoms with Crippen LogP contribution in [0, 0.1) is 0 Å². The van der Waals surface area contributed by atoms with Crippen LogP contribution in [0.5, 0.6) is 0 Å². The first kappa shape index (κ1) is 12.0. The van der Waals surface area contributed by atoms with E-state index in [1.54, 1.807) is 6.20 Å². The number of hydrogen-bond donors (Lipinski definition) is 1. The van der Waals surface area contributed by atoms with Crippen molar-refractivity contribution < 1.29 is 14.3 Å². The lowest BCUT2D eigenvalue weighted by atomic mass is 10.5. The molecule has 0 bridgehead atoms. The zero-order valence-electron chi connectivity index (χ0n) is 9.21. The normalized spacial score (nSPS) is 9.88. The minimum Gasteiger partial charge on any atom is -0.468 e. The maximum Gasteiger partial charge on any atom is 0.325 e. The molecule has 1 aromatic rings. The van der Waals surface area contributed by atoms with Crippen LogP contribution in [-0.4, -0.2) is 47.3 Å². The van der Waals surface area contributed by atoms with Gasteiger partial charge in [0.15, 0.2) is 0 Å². The van der Waals surface area contributed by atoms with Crippen LogP contribution in [0.3, 0.4) is 0 Å². The van der Waals surface area contributed by atoms with Gasteiger partial charge in [-0.15, -0.1) is 0 Å². The van der Waals surface area contributed by atoms with Crippen LogP contribution in [0.2, 0.25) is 0 Å². The lowest BCUT2D eigenvalue weighted by Gasteiger charge is -2.15. The Kier molecular flexibility index (Phi) is 3.87. The minimum atomic E-state index is -0.462. The second kappa shape index (κ2) is 5.15. The van der Waals surface area contributed by atoms with E-state index in [0.29, 0.717) is 5.69 Å². The molecule has 0 aliphatic heterocycles. The van der Waals surface area contributed by atoms with E-state index in [2.05, 4.69) is 9.84 Å². The molecule has 0 radical (unpaired) electrons. The van der Waals surface area contributed by atoms with E-state index in [1.165, 1.54) is 29.9 Å². The number of carbonyl (C=O) groups excluding carboxylic acids is 2. The fourth-order valence-corrected chi connectivity index (χ4v) is 1.07. The Bertz CT molecular complexity index is 388. The number of likely N-dealkylation sites (N-methyl/N-ethyl adjacent to an activating group) is 1. The molecule has 0 saturated heterocycles. The SMILES string of the molecule is COC(=O)CN(C)C(=O)Cn1cc(N)cn1. The highest BCUT2D eigenvalue weighted by Gasteiger charge is 2.13. The summed E-state index contributed by atoms with van der Waals surface area (Å²) in [5.41, 5.74) is 5.94. The molecule has 1 aromatic heterocycles. The highest BCUT2D eigenvalue weighted by Crippen LogP contribution is 1.98. The van der Waals surface area contributed by atoms with Gasteiger partial charge >= 0.3 is 5.97 Å². The standard InChI is InChI=1S/C9H14N4O3/c1-12(6-9(15)16-2)8(14)5-13-4-7(10)3-11-13/h3-4H,5-6,10H2,1-2H3. The molecule has 0 saturated carbocycles. The largest absolute Gasteiger partial charge is 0.468 e. The van der Waals surface area contributed by atoms with Gasteiger partial charge < -0.3 is 15.4 Å². The Hall–Kier alpha value is -2.05. The van der Waals surface area contributed by atoms with E-state index in [9.17, 15) is 9.59 Å². The molecule has 7 heteroatoms. The minimum absolute atomic E-state index is 0.0463. The van der Waals surface area contributed by atoms with Crippen molar-refractivity contribution in [1.29, 1.82) is 0 Å². The lowest BCUT2D eigenvalue weighted by Crippen LogP contribution is -2.35. The fraction of sp³-hybridized carbons (Fsp3) is 0.444. The number of carbonyl (C=O) groups is 2. The summed E-state index contributed by atoms with van der Waals surface area (Å²) in [6, 6.07) is 0. The average molecular weight is 226 g/mol. The molecule has 0 atom stereocenters. The van der Waals surface area contributed by atoms with Crippen LogP contribution in [0.25, 0.3) is 0 Å². The molecule has 88 valence electrons. The van der Waals surface area contributed by atoms with Crippen LogP contribution in [0.4, 0.5) is 5.69 Å². The van der Waals surface area contributed by atoms with Gasteiger partial charge in [0.05, 0.1) is 19.0 Å². The summed E-state index contributed by atoms with van der Waals surface area (Å²) in [6.45, 7) is -0.0310. The molecule has 0 unspecified atom stereocenters. The van der Waals surface area contributed by atoms with Gasteiger partial charge in [-0.05, 0) is 0 Å². The molecule has 0 aromatic carbocycles. The van der Waals surface area contributed by atoms with Gasteiger partial charge in [-0.2, -0.15) is 5.10 Å². The van der Waals surface area contributed by atoms with Crippen molar-refractivity contribution >= 4 is 17.6 Å². The Morgan fingerprint density at radius 3 is 2.81 bits per heavy atom. The maximum absolute atomic E-state index is 11.6. The number of amides is 1. The maximum atomic E-state index is 11.6. The number of hydrogen-bond acceptors (Lipinski definition) is 5. The molecule has 2 N–H and O–H groups in total. The van der Waals surface area contributed by atoms with E-state index in [1.807, 2.05) is 0 Å². The molecule has 0 aliphatic carbocycles. The summed E-state index contributed by atoms with van der Waals surface area (Å²) in [5.74, 6) is -0.704. The third kappa shape index (κ3) is 3.26. The van der Waals surface area contributed by atoms with Gasteiger partial charge in [0, 0.05) is 13.2 Å². The zero-order valence-corrected chi connectivity index (χ0v) is 9.21. The molecule has 1 rings (SSSR count). The van der Waals surface area contributed by atoms with Crippen molar-refractivity contribution in [2.24, 2.45) is 0 Å². The van der Waals surface area contributed by atoms with E-state index in [4.69, 9.17) is 5.73 Å². The molecule has 16 heavy (non-hydrogen) atoms. The van der Waals surface area contributed by atoms with Crippen LogP contribution >= 0.6 is 0 Å². The smallest absolute Gasteiger partial charge is 0.325 e. The average Bonchev–Trinajstić information content (AvgIpc) is 2.63. The molecule has 0 aliphatic rings. The number of nitrogen functional groups attached to an aromatic ring is 1. The van der Waals surface area contributed by atoms with E-state index in [-0.39, 0.29) is 19.0 Å². The topological polar surface area (TPSA) is 90.5 Å². The highest BCUT2D eigenvalue weighted by atomic mass is 16.5. The third-order valence-corrected chi connectivity index (χ3v) is 1.97. The quantitative estimate of drug-likeness (QED) is 0.672. The first-order chi connectivity index (χ1) is 7.52. The summed E-state index contributed by atoms with van der Waals surface area (Å²) in [4.78, 5) is 23.8. The van der Waals surface area contributed by atoms with Gasteiger partial charge in [-0.1, -0.05) is 0 Å². The van der Waals surface area contributed by atoms with Gasteiger partial charge in [-0.25, -0.2) is 0 Å². The first-order valence-corrected chi connectivity index (χ1v) is 4.61. The summed E-state index contributed by atoms with van der Waals surface area (Å²) in [7, 11) is 2.79. The summed E-state index contributed by atoms with van der Waals surface area (Å²) in [6.07, 6.45) is 3.00. The highest BCUT2D eigenvalue weighted by molar-refractivity contribution is 5.81. The number of esters is 1. The summed E-state index contributed by atoms with van der Waals surface area (Å²) >= 11 is 0. The second-order valence-electron chi connectivity index (χ2n) is 3.30. The van der Waals surface area contributed by atoms with E-state index in [0.717, 1.165) is 0 Å². The molecule has 1 heterocycles. The molecule has 0 spiro atoms. The number of rotatable bonds is 4. The third-order valence-electron chi connectivity index (χ3n) is 1.97. The van der Waals surface area contributed by atoms with Crippen LogP contribution in [-0.2, 0) is 20.9 Å². The van der Waals surface area contributed by atoms with Crippen molar-refractivity contribution in [3.8, 4) is 0 Å². The summed E-state index contributed by atoms with van der Waals surface area (Å²) < 4.78 is 5.86. The van der Waals surface area contributed by atoms with Crippen LogP contribution in [0.15, 0.2) is 12.4 Å². The van der Waals surface area contributed by atoms with Crippen LogP contribution < -0.4 is 5.73 Å². The van der Waals surface area contributed by atoms with Crippen molar-refractivity contribution in [3.05, 3.63) is 12.4 Å². The molecular weight excluding hydrogens is 212 g/mol. The number of aromatic nitrogens is 2. The van der Waals surface area contributed by atoms with Gasteiger partial charge in [-0.3, -0.25) is 14.3 Å². The Morgan fingerprint density at radius 2 is 2.31 bits per heavy atom. The number of nitrogens with zero attached hydrogens (tertiary/aromatic N) is 3. The molecule has 7 nitrogen and oxygen atoms in total. The Labute approximate surface area is 92.8 Å². The predicted octanol–water partition coefficient (Wildman–Crippen LogP) is -0.903. The van der Waals surface area contributed by atoms with Crippen molar-refractivity contribution in [2.45, 2.75) is 6.54 Å². The molecule has 1 amide bonds. The number of ether oxygens (including phenoxy) is 1. The molecular formula is C9H14N4O3. The number of methoxy groups -OCH3 is 1. The van der Waals surface area contributed by atoms with E-state index >= 15 is 0 Å². The first-order valence-electron chi connectivity index (χ1n) is 4.61. The van der Waals surface area contributed by atoms with Crippen LogP contribution in [0.1, 0.15) is 0 Å². The van der Waals surface area contributed by atoms with Gasteiger partial charge in [0.25, 0.3) is 0 Å². The fourth-order valence-electron chi connectivity index (χ4n) is 1.07. The lowest BCUT2D eigenvalue weighted by molar-refractivity contribution is -0.146. The van der Waals surface area contributed by atoms with Crippen molar-refractivity contribution in [3.63, 3.8) is 0 Å². The second-order valence-corrected chi connectivity index (χ2v) is 3.30. The summed E-state index contributed by atoms with van der Waals surface area (Å²) in [5, 5.41) is 3.87.